The minimum Gasteiger partial charge on any atom is -0.449 e. The quantitative estimate of drug-likeness (QED) is 0.321. The van der Waals surface area contributed by atoms with Crippen LogP contribution in [0.25, 0.3) is 20.5 Å². The first-order valence-electron chi connectivity index (χ1n) is 8.56. The molecule has 0 saturated heterocycles. The second kappa shape index (κ2) is 7.92. The molecule has 6 nitrogen and oxygen atoms in total. The van der Waals surface area contributed by atoms with Gasteiger partial charge < -0.3 is 9.84 Å². The van der Waals surface area contributed by atoms with Crippen LogP contribution in [0.4, 0.5) is 10.5 Å². The maximum atomic E-state index is 13.1. The lowest BCUT2D eigenvalue weighted by molar-refractivity contribution is 0.146. The number of aryl methyl sites for hydroxylation is 1. The Morgan fingerprint density at radius 1 is 1.10 bits per heavy atom. The van der Waals surface area contributed by atoms with Gasteiger partial charge in [-0.25, -0.2) is 13.2 Å². The van der Waals surface area contributed by atoms with Gasteiger partial charge in [0.15, 0.2) is 0 Å². The molecule has 0 saturated carbocycles. The van der Waals surface area contributed by atoms with Gasteiger partial charge in [0.25, 0.3) is 10.0 Å². The fourth-order valence-corrected chi connectivity index (χ4v) is 6.96. The third-order valence-corrected chi connectivity index (χ3v) is 8.84. The van der Waals surface area contributed by atoms with E-state index in [0.717, 1.165) is 38.3 Å². The first kappa shape index (κ1) is 20.7. The molecular formula is C20H14ClNO5S3. The topological polar surface area (TPSA) is 92.7 Å². The first-order valence-corrected chi connectivity index (χ1v) is 12.1. The Bertz CT molecular complexity index is 1360. The SMILES string of the molecule is Cc1c(S(=O)(=O)Nc2cc(-c3ccccc3)sc2OC(=O)O)sc2ccc(Cl)cc12. The Hall–Kier alpha value is -2.59. The van der Waals surface area contributed by atoms with Crippen LogP contribution < -0.4 is 9.46 Å². The third kappa shape index (κ3) is 4.01. The molecule has 0 amide bonds. The van der Waals surface area contributed by atoms with Crippen molar-refractivity contribution >= 4 is 66.2 Å². The number of anilines is 1. The van der Waals surface area contributed by atoms with Gasteiger partial charge in [-0.05, 0) is 47.7 Å². The van der Waals surface area contributed by atoms with Crippen molar-refractivity contribution in [1.29, 1.82) is 0 Å². The van der Waals surface area contributed by atoms with Crippen LogP contribution in [0.1, 0.15) is 5.56 Å². The number of carbonyl (C=O) groups is 1. The summed E-state index contributed by atoms with van der Waals surface area (Å²) in [6.07, 6.45) is -1.52. The molecule has 0 atom stereocenters. The van der Waals surface area contributed by atoms with Crippen molar-refractivity contribution < 1.29 is 23.1 Å². The van der Waals surface area contributed by atoms with E-state index in [9.17, 15) is 13.2 Å². The molecule has 0 fully saturated rings. The number of ether oxygens (including phenoxy) is 1. The Balaban J connectivity index is 1.76. The van der Waals surface area contributed by atoms with Gasteiger partial charge in [0.1, 0.15) is 9.90 Å². The second-order valence-corrected chi connectivity index (χ2v) is 10.7. The van der Waals surface area contributed by atoms with Crippen molar-refractivity contribution in [3.8, 4) is 15.5 Å². The number of fused-ring (bicyclic) bond motifs is 1. The van der Waals surface area contributed by atoms with Crippen LogP contribution in [0, 0.1) is 6.92 Å². The van der Waals surface area contributed by atoms with E-state index >= 15 is 0 Å². The summed E-state index contributed by atoms with van der Waals surface area (Å²) in [5, 5.41) is 10.3. The van der Waals surface area contributed by atoms with Crippen LogP contribution in [0.2, 0.25) is 5.02 Å². The average molecular weight is 480 g/mol. The van der Waals surface area contributed by atoms with Crippen molar-refractivity contribution in [3.05, 3.63) is 65.2 Å². The van der Waals surface area contributed by atoms with E-state index in [1.165, 1.54) is 0 Å². The average Bonchev–Trinajstić information content (AvgIpc) is 3.23. The summed E-state index contributed by atoms with van der Waals surface area (Å²) in [6, 6.07) is 16.0. The van der Waals surface area contributed by atoms with Gasteiger partial charge in [0, 0.05) is 14.6 Å². The Morgan fingerprint density at radius 3 is 2.53 bits per heavy atom. The maximum absolute atomic E-state index is 13.1. The molecular weight excluding hydrogens is 466 g/mol. The van der Waals surface area contributed by atoms with E-state index < -0.39 is 16.2 Å². The lowest BCUT2D eigenvalue weighted by Gasteiger charge is -2.07. The number of hydrogen-bond acceptors (Lipinski definition) is 6. The number of thiophene rings is 2. The number of benzene rings is 2. The molecule has 0 spiro atoms. The molecule has 4 rings (SSSR count). The number of sulfonamides is 1. The minimum absolute atomic E-state index is 0.0493. The summed E-state index contributed by atoms with van der Waals surface area (Å²) in [5.41, 5.74) is 1.45. The van der Waals surface area contributed by atoms with Crippen molar-refractivity contribution in [2.45, 2.75) is 11.1 Å². The first-order chi connectivity index (χ1) is 14.2. The zero-order chi connectivity index (χ0) is 21.5. The van der Waals surface area contributed by atoms with E-state index in [0.29, 0.717) is 15.5 Å². The van der Waals surface area contributed by atoms with Gasteiger partial charge in [-0.3, -0.25) is 4.72 Å². The summed E-state index contributed by atoms with van der Waals surface area (Å²) in [4.78, 5) is 11.8. The largest absolute Gasteiger partial charge is 0.512 e. The summed E-state index contributed by atoms with van der Waals surface area (Å²) in [7, 11) is -3.99. The van der Waals surface area contributed by atoms with Crippen molar-refractivity contribution in [1.82, 2.24) is 0 Å². The summed E-state index contributed by atoms with van der Waals surface area (Å²) in [6.45, 7) is 1.71. The van der Waals surface area contributed by atoms with Crippen LogP contribution in [-0.4, -0.2) is 19.7 Å². The number of hydrogen-bond donors (Lipinski definition) is 2. The smallest absolute Gasteiger partial charge is 0.449 e. The van der Waals surface area contributed by atoms with Crippen LogP contribution >= 0.6 is 34.3 Å². The van der Waals surface area contributed by atoms with Gasteiger partial charge >= 0.3 is 6.16 Å². The highest BCUT2D eigenvalue weighted by Gasteiger charge is 2.25. The Morgan fingerprint density at radius 2 is 1.83 bits per heavy atom. The normalized spacial score (nSPS) is 11.5. The van der Waals surface area contributed by atoms with Gasteiger partial charge in [-0.2, -0.15) is 0 Å². The molecule has 30 heavy (non-hydrogen) atoms. The predicted octanol–water partition coefficient (Wildman–Crippen LogP) is 6.45. The van der Waals surface area contributed by atoms with E-state index in [4.69, 9.17) is 21.4 Å². The Labute approximate surface area is 185 Å². The zero-order valence-corrected chi connectivity index (χ0v) is 18.6. The molecule has 10 heteroatoms. The summed E-state index contributed by atoms with van der Waals surface area (Å²) in [5.74, 6) is 0. The van der Waals surface area contributed by atoms with Crippen molar-refractivity contribution in [2.75, 3.05) is 4.72 Å². The molecule has 0 aliphatic heterocycles. The molecule has 0 aliphatic carbocycles. The molecule has 0 bridgehead atoms. The molecule has 0 radical (unpaired) electrons. The number of halogens is 1. The fourth-order valence-electron chi connectivity index (χ4n) is 2.96. The van der Waals surface area contributed by atoms with Gasteiger partial charge in [0.05, 0.1) is 0 Å². The van der Waals surface area contributed by atoms with Gasteiger partial charge in [0.2, 0.25) is 5.06 Å². The van der Waals surface area contributed by atoms with Crippen LogP contribution in [-0.2, 0) is 10.0 Å². The highest BCUT2D eigenvalue weighted by Crippen LogP contribution is 2.43. The van der Waals surface area contributed by atoms with Crippen LogP contribution in [0.15, 0.2) is 58.8 Å². The lowest BCUT2D eigenvalue weighted by Crippen LogP contribution is -2.13. The lowest BCUT2D eigenvalue weighted by atomic mass is 10.2. The van der Waals surface area contributed by atoms with E-state index in [1.807, 2.05) is 30.3 Å². The maximum Gasteiger partial charge on any atom is 0.512 e. The number of nitrogens with one attached hydrogen (secondary N) is 1. The van der Waals surface area contributed by atoms with Gasteiger partial charge in [-0.1, -0.05) is 53.3 Å². The number of rotatable bonds is 5. The Kier molecular flexibility index (Phi) is 5.46. The molecule has 0 aliphatic rings. The highest BCUT2D eigenvalue weighted by molar-refractivity contribution is 7.95. The van der Waals surface area contributed by atoms with E-state index in [2.05, 4.69) is 4.72 Å². The molecule has 2 N–H and O–H groups in total. The molecule has 4 aromatic rings. The summed E-state index contributed by atoms with van der Waals surface area (Å²) < 4.78 is 34.5. The highest BCUT2D eigenvalue weighted by atomic mass is 35.5. The molecule has 0 unspecified atom stereocenters. The minimum atomic E-state index is -3.99. The van der Waals surface area contributed by atoms with Crippen LogP contribution in [0.3, 0.4) is 0 Å². The molecule has 2 heterocycles. The molecule has 2 aromatic heterocycles. The standard InChI is InChI=1S/C20H14ClNO5S3/c1-11-14-9-13(21)7-8-16(14)29-19(11)30(25,26)22-15-10-17(12-5-3-2-4-6-12)28-18(15)27-20(23)24/h2-10,22H,1H3,(H,23,24). The third-order valence-electron chi connectivity index (χ3n) is 4.28. The fraction of sp³-hybridized carbons (Fsp3) is 0.0500. The monoisotopic (exact) mass is 479 g/mol. The van der Waals surface area contributed by atoms with Gasteiger partial charge in [-0.15, -0.1) is 11.3 Å². The van der Waals surface area contributed by atoms with E-state index in [1.54, 1.807) is 31.2 Å². The molecule has 2 aromatic carbocycles. The van der Waals surface area contributed by atoms with E-state index in [-0.39, 0.29) is 15.0 Å². The summed E-state index contributed by atoms with van der Waals surface area (Å²) >= 11 is 8.21. The molecule has 154 valence electrons. The van der Waals surface area contributed by atoms with Crippen LogP contribution in [0.5, 0.6) is 5.06 Å². The van der Waals surface area contributed by atoms with Crippen molar-refractivity contribution in [2.24, 2.45) is 0 Å². The predicted molar refractivity (Wildman–Crippen MR) is 121 cm³/mol. The second-order valence-electron chi connectivity index (χ2n) is 6.31. The zero-order valence-electron chi connectivity index (χ0n) is 15.4. The van der Waals surface area contributed by atoms with Crippen molar-refractivity contribution in [3.63, 3.8) is 0 Å². The number of carboxylic acid groups (broad SMARTS) is 1.